The maximum atomic E-state index is 11.6. The van der Waals surface area contributed by atoms with Crippen molar-refractivity contribution in [3.05, 3.63) is 29.3 Å². The van der Waals surface area contributed by atoms with E-state index in [1.165, 1.54) is 11.1 Å². The molecule has 0 radical (unpaired) electrons. The van der Waals surface area contributed by atoms with Gasteiger partial charge in [0, 0.05) is 16.9 Å². The number of benzene rings is 1. The van der Waals surface area contributed by atoms with E-state index < -0.39 is 0 Å². The van der Waals surface area contributed by atoms with Crippen molar-refractivity contribution in [3.63, 3.8) is 0 Å². The molecule has 0 saturated heterocycles. The highest BCUT2D eigenvalue weighted by Crippen LogP contribution is 2.38. The summed E-state index contributed by atoms with van der Waals surface area (Å²) in [6, 6.07) is 6.46. The third-order valence-electron chi connectivity index (χ3n) is 4.65. The molecule has 1 aliphatic rings. The van der Waals surface area contributed by atoms with Crippen LogP contribution in [0.15, 0.2) is 18.2 Å². The molecule has 21 heavy (non-hydrogen) atoms. The van der Waals surface area contributed by atoms with Gasteiger partial charge in [-0.15, -0.1) is 0 Å². The number of amides is 1. The highest BCUT2D eigenvalue weighted by molar-refractivity contribution is 9.09. The minimum atomic E-state index is 0.137. The van der Waals surface area contributed by atoms with Gasteiger partial charge in [0.1, 0.15) is 0 Å². The number of hydrogen-bond donors (Lipinski definition) is 1. The molecule has 1 aromatic rings. The Labute approximate surface area is 136 Å². The topological polar surface area (TPSA) is 29.1 Å². The van der Waals surface area contributed by atoms with Crippen molar-refractivity contribution in [1.29, 1.82) is 0 Å². The molecule has 116 valence electrons. The number of aryl methyl sites for hydroxylation is 1. The van der Waals surface area contributed by atoms with Crippen LogP contribution in [0.5, 0.6) is 0 Å². The monoisotopic (exact) mass is 351 g/mol. The van der Waals surface area contributed by atoms with E-state index >= 15 is 0 Å². The lowest BCUT2D eigenvalue weighted by atomic mass is 9.79. The van der Waals surface area contributed by atoms with Gasteiger partial charge >= 0.3 is 0 Å². The second-order valence-corrected chi connectivity index (χ2v) is 8.39. The van der Waals surface area contributed by atoms with Crippen LogP contribution < -0.4 is 5.32 Å². The lowest BCUT2D eigenvalue weighted by Gasteiger charge is -2.29. The summed E-state index contributed by atoms with van der Waals surface area (Å²) in [7, 11) is 0. The van der Waals surface area contributed by atoms with Gasteiger partial charge in [0.15, 0.2) is 0 Å². The molecule has 1 N–H and O–H groups in total. The smallest absolute Gasteiger partial charge is 0.224 e. The Kier molecular flexibility index (Phi) is 5.13. The third-order valence-corrected chi connectivity index (χ3v) is 5.56. The molecule has 1 amide bonds. The van der Waals surface area contributed by atoms with Crippen molar-refractivity contribution < 1.29 is 4.79 Å². The van der Waals surface area contributed by atoms with Gasteiger partial charge < -0.3 is 5.32 Å². The fourth-order valence-electron chi connectivity index (χ4n) is 2.59. The number of anilines is 1. The van der Waals surface area contributed by atoms with Gasteiger partial charge in [-0.3, -0.25) is 4.79 Å². The van der Waals surface area contributed by atoms with Gasteiger partial charge in [-0.05, 0) is 47.8 Å². The molecular formula is C18H26BrNO. The number of hydrogen-bond acceptors (Lipinski definition) is 1. The Hall–Kier alpha value is -0.830. The standard InChI is InChI=1S/C18H26BrNO/c1-12(18(2,3)4)10-15(19)13-8-9-16-14(11-13)6-5-7-17(21)20-16/h8-9,11-12,15H,5-7,10H2,1-4H3,(H,20,21). The number of rotatable bonds is 3. The highest BCUT2D eigenvalue weighted by Gasteiger charge is 2.24. The molecule has 1 aliphatic heterocycles. The molecule has 0 bridgehead atoms. The van der Waals surface area contributed by atoms with Gasteiger partial charge in [0.25, 0.3) is 0 Å². The zero-order valence-corrected chi connectivity index (χ0v) is 15.1. The zero-order chi connectivity index (χ0) is 15.6. The van der Waals surface area contributed by atoms with Crippen LogP contribution in [0, 0.1) is 11.3 Å². The first-order chi connectivity index (χ1) is 9.77. The number of carbonyl (C=O) groups excluding carboxylic acids is 1. The lowest BCUT2D eigenvalue weighted by Crippen LogP contribution is -2.18. The Morgan fingerprint density at radius 1 is 1.29 bits per heavy atom. The Morgan fingerprint density at radius 2 is 2.00 bits per heavy atom. The SMILES string of the molecule is CC(CC(Br)c1ccc2c(c1)CCCC(=O)N2)C(C)(C)C. The summed E-state index contributed by atoms with van der Waals surface area (Å²) in [6.45, 7) is 9.20. The van der Waals surface area contributed by atoms with Crippen LogP contribution >= 0.6 is 15.9 Å². The minimum absolute atomic E-state index is 0.137. The predicted octanol–water partition coefficient (Wildman–Crippen LogP) is 5.47. The number of nitrogens with one attached hydrogen (secondary N) is 1. The van der Waals surface area contributed by atoms with Crippen LogP contribution in [0.3, 0.4) is 0 Å². The molecule has 0 spiro atoms. The summed E-state index contributed by atoms with van der Waals surface area (Å²) in [5, 5.41) is 3.00. The second-order valence-electron chi connectivity index (χ2n) is 7.29. The van der Waals surface area contributed by atoms with E-state index in [1.807, 2.05) is 0 Å². The number of halogens is 1. The van der Waals surface area contributed by atoms with E-state index in [1.54, 1.807) is 0 Å². The quantitative estimate of drug-likeness (QED) is 0.718. The Bertz CT molecular complexity index is 518. The average molecular weight is 352 g/mol. The molecular weight excluding hydrogens is 326 g/mol. The van der Waals surface area contributed by atoms with E-state index in [-0.39, 0.29) is 5.91 Å². The van der Waals surface area contributed by atoms with Gasteiger partial charge in [0.05, 0.1) is 0 Å². The molecule has 0 aromatic heterocycles. The van der Waals surface area contributed by atoms with Crippen molar-refractivity contribution >= 4 is 27.5 Å². The molecule has 1 heterocycles. The van der Waals surface area contributed by atoms with Gasteiger partial charge in [-0.2, -0.15) is 0 Å². The molecule has 2 rings (SSSR count). The molecule has 1 aromatic carbocycles. The lowest BCUT2D eigenvalue weighted by molar-refractivity contribution is -0.116. The summed E-state index contributed by atoms with van der Waals surface area (Å²) in [4.78, 5) is 12.0. The van der Waals surface area contributed by atoms with Gasteiger partial charge in [-0.25, -0.2) is 0 Å². The highest BCUT2D eigenvalue weighted by atomic mass is 79.9. The molecule has 0 fully saturated rings. The maximum absolute atomic E-state index is 11.6. The largest absolute Gasteiger partial charge is 0.326 e. The fraction of sp³-hybridized carbons (Fsp3) is 0.611. The minimum Gasteiger partial charge on any atom is -0.326 e. The van der Waals surface area contributed by atoms with Crippen LogP contribution in [-0.2, 0) is 11.2 Å². The first-order valence-corrected chi connectivity index (χ1v) is 8.75. The summed E-state index contributed by atoms with van der Waals surface area (Å²) >= 11 is 3.85. The molecule has 2 nitrogen and oxygen atoms in total. The van der Waals surface area contributed by atoms with Crippen LogP contribution in [0.25, 0.3) is 0 Å². The van der Waals surface area contributed by atoms with E-state index in [0.717, 1.165) is 24.9 Å². The van der Waals surface area contributed by atoms with E-state index in [9.17, 15) is 4.79 Å². The van der Waals surface area contributed by atoms with Crippen molar-refractivity contribution in [3.8, 4) is 0 Å². The van der Waals surface area contributed by atoms with Crippen LogP contribution in [-0.4, -0.2) is 5.91 Å². The number of carbonyl (C=O) groups is 1. The van der Waals surface area contributed by atoms with Gasteiger partial charge in [0.2, 0.25) is 5.91 Å². The normalized spacial score (nSPS) is 18.4. The third kappa shape index (κ3) is 4.32. The Morgan fingerprint density at radius 3 is 2.67 bits per heavy atom. The summed E-state index contributed by atoms with van der Waals surface area (Å²) < 4.78 is 0. The molecule has 2 atom stereocenters. The van der Waals surface area contributed by atoms with Crippen molar-refractivity contribution in [1.82, 2.24) is 0 Å². The Balaban J connectivity index is 2.14. The van der Waals surface area contributed by atoms with Crippen LogP contribution in [0.2, 0.25) is 0 Å². The average Bonchev–Trinajstić information content (AvgIpc) is 2.57. The first kappa shape index (κ1) is 16.5. The van der Waals surface area contributed by atoms with E-state index in [0.29, 0.717) is 22.6 Å². The molecule has 0 saturated carbocycles. The van der Waals surface area contributed by atoms with Crippen molar-refractivity contribution in [2.75, 3.05) is 5.32 Å². The summed E-state index contributed by atoms with van der Waals surface area (Å²) in [5.41, 5.74) is 3.91. The number of alkyl halides is 1. The first-order valence-electron chi connectivity index (χ1n) is 7.84. The van der Waals surface area contributed by atoms with Crippen molar-refractivity contribution in [2.24, 2.45) is 11.3 Å². The van der Waals surface area contributed by atoms with Crippen molar-refractivity contribution in [2.45, 2.75) is 58.2 Å². The van der Waals surface area contributed by atoms with Gasteiger partial charge in [-0.1, -0.05) is 55.8 Å². The number of fused-ring (bicyclic) bond motifs is 1. The van der Waals surface area contributed by atoms with E-state index in [4.69, 9.17) is 0 Å². The molecule has 0 aliphatic carbocycles. The summed E-state index contributed by atoms with van der Waals surface area (Å²) in [5.74, 6) is 0.777. The predicted molar refractivity (Wildman–Crippen MR) is 92.9 cm³/mol. The zero-order valence-electron chi connectivity index (χ0n) is 13.5. The molecule has 2 unspecified atom stereocenters. The second kappa shape index (κ2) is 6.51. The maximum Gasteiger partial charge on any atom is 0.224 e. The van der Waals surface area contributed by atoms with E-state index in [2.05, 4.69) is 67.1 Å². The fourth-order valence-corrected chi connectivity index (χ4v) is 3.43. The van der Waals surface area contributed by atoms with Crippen LogP contribution in [0.1, 0.15) is 62.9 Å². The van der Waals surface area contributed by atoms with Crippen LogP contribution in [0.4, 0.5) is 5.69 Å². The summed E-state index contributed by atoms with van der Waals surface area (Å²) in [6.07, 6.45) is 3.67. The molecule has 3 heteroatoms.